The van der Waals surface area contributed by atoms with Crippen LogP contribution in [0.15, 0.2) is 18.5 Å². The third-order valence-corrected chi connectivity index (χ3v) is 2.90. The monoisotopic (exact) mass is 267 g/mol. The van der Waals surface area contributed by atoms with Crippen molar-refractivity contribution >= 4 is 11.8 Å². The maximum atomic E-state index is 10.9. The van der Waals surface area contributed by atoms with Crippen LogP contribution in [0.4, 0.5) is 10.5 Å². The van der Waals surface area contributed by atoms with Crippen molar-refractivity contribution < 1.29 is 19.6 Å². The number of carboxylic acid groups (broad SMARTS) is 1. The Kier molecular flexibility index (Phi) is 3.79. The lowest BCUT2D eigenvalue weighted by molar-refractivity contribution is -0.386. The van der Waals surface area contributed by atoms with Crippen molar-refractivity contribution in [2.45, 2.75) is 18.9 Å². The highest BCUT2D eigenvalue weighted by atomic mass is 16.6. The van der Waals surface area contributed by atoms with Gasteiger partial charge in [-0.05, 0) is 12.8 Å². The lowest BCUT2D eigenvalue weighted by Gasteiger charge is -2.30. The van der Waals surface area contributed by atoms with Crippen LogP contribution in [0.5, 0.6) is 5.75 Å². The first-order valence-corrected chi connectivity index (χ1v) is 5.81. The van der Waals surface area contributed by atoms with Crippen molar-refractivity contribution in [2.75, 3.05) is 13.1 Å². The Hall–Kier alpha value is -2.38. The molecule has 1 amide bonds. The van der Waals surface area contributed by atoms with Crippen LogP contribution in [0, 0.1) is 10.1 Å². The van der Waals surface area contributed by atoms with Gasteiger partial charge in [0.15, 0.2) is 0 Å². The van der Waals surface area contributed by atoms with Crippen molar-refractivity contribution in [1.29, 1.82) is 0 Å². The van der Waals surface area contributed by atoms with Gasteiger partial charge in [0, 0.05) is 18.8 Å². The summed E-state index contributed by atoms with van der Waals surface area (Å²) in [4.78, 5) is 26.1. The normalized spacial score (nSPS) is 18.9. The number of nitrogens with zero attached hydrogens (tertiary/aromatic N) is 3. The van der Waals surface area contributed by atoms with E-state index in [1.54, 1.807) is 0 Å². The Balaban J connectivity index is 2.09. The molecule has 1 aromatic rings. The van der Waals surface area contributed by atoms with E-state index in [9.17, 15) is 14.9 Å². The average molecular weight is 267 g/mol. The molecule has 0 radical (unpaired) electrons. The molecule has 1 atom stereocenters. The molecule has 8 heteroatoms. The fourth-order valence-electron chi connectivity index (χ4n) is 2.00. The first kappa shape index (κ1) is 13.1. The minimum Gasteiger partial charge on any atom is -0.482 e. The zero-order valence-corrected chi connectivity index (χ0v) is 10.1. The maximum Gasteiger partial charge on any atom is 0.407 e. The number of pyridine rings is 1. The molecule has 19 heavy (non-hydrogen) atoms. The zero-order chi connectivity index (χ0) is 13.8. The molecule has 1 aromatic heterocycles. The highest BCUT2D eigenvalue weighted by molar-refractivity contribution is 5.65. The topological polar surface area (TPSA) is 106 Å². The molecule has 1 aliphatic rings. The lowest BCUT2D eigenvalue weighted by Crippen LogP contribution is -2.43. The molecule has 102 valence electrons. The SMILES string of the molecule is O=C(O)N1CCC[C@H](Oc2ccncc2[N+](=O)[O-])C1. The Labute approximate surface area is 108 Å². The first-order valence-electron chi connectivity index (χ1n) is 5.81. The van der Waals surface area contributed by atoms with E-state index >= 15 is 0 Å². The lowest BCUT2D eigenvalue weighted by atomic mass is 10.1. The molecule has 0 saturated carbocycles. The number of likely N-dealkylation sites (tertiary alicyclic amines) is 1. The van der Waals surface area contributed by atoms with E-state index < -0.39 is 11.0 Å². The highest BCUT2D eigenvalue weighted by Gasteiger charge is 2.26. The van der Waals surface area contributed by atoms with Crippen molar-refractivity contribution in [3.05, 3.63) is 28.6 Å². The van der Waals surface area contributed by atoms with Gasteiger partial charge in [0.1, 0.15) is 12.3 Å². The number of hydrogen-bond acceptors (Lipinski definition) is 5. The Bertz CT molecular complexity index is 493. The van der Waals surface area contributed by atoms with Crippen LogP contribution in [0.25, 0.3) is 0 Å². The van der Waals surface area contributed by atoms with Gasteiger partial charge in [-0.3, -0.25) is 15.1 Å². The summed E-state index contributed by atoms with van der Waals surface area (Å²) in [7, 11) is 0. The Morgan fingerprint density at radius 2 is 2.42 bits per heavy atom. The molecule has 1 N–H and O–H groups in total. The molecule has 1 aliphatic heterocycles. The minimum absolute atomic E-state index is 0.122. The van der Waals surface area contributed by atoms with Gasteiger partial charge in [-0.15, -0.1) is 0 Å². The van der Waals surface area contributed by atoms with E-state index in [1.807, 2.05) is 0 Å². The third kappa shape index (κ3) is 3.09. The van der Waals surface area contributed by atoms with Gasteiger partial charge in [-0.2, -0.15) is 0 Å². The van der Waals surface area contributed by atoms with E-state index in [0.29, 0.717) is 19.4 Å². The summed E-state index contributed by atoms with van der Waals surface area (Å²) in [5.41, 5.74) is -0.213. The van der Waals surface area contributed by atoms with E-state index in [4.69, 9.17) is 9.84 Å². The summed E-state index contributed by atoms with van der Waals surface area (Å²) in [5, 5.41) is 19.7. The van der Waals surface area contributed by atoms with Crippen molar-refractivity contribution in [2.24, 2.45) is 0 Å². The molecule has 1 fully saturated rings. The number of hydrogen-bond donors (Lipinski definition) is 1. The van der Waals surface area contributed by atoms with Crippen LogP contribution in [-0.4, -0.2) is 45.2 Å². The second-order valence-electron chi connectivity index (χ2n) is 4.21. The molecule has 8 nitrogen and oxygen atoms in total. The highest BCUT2D eigenvalue weighted by Crippen LogP contribution is 2.27. The van der Waals surface area contributed by atoms with Crippen LogP contribution in [-0.2, 0) is 0 Å². The molecular weight excluding hydrogens is 254 g/mol. The van der Waals surface area contributed by atoms with Gasteiger partial charge in [-0.25, -0.2) is 4.79 Å². The van der Waals surface area contributed by atoms with Gasteiger partial charge in [0.25, 0.3) is 0 Å². The fourth-order valence-corrected chi connectivity index (χ4v) is 2.00. The van der Waals surface area contributed by atoms with Gasteiger partial charge >= 0.3 is 11.8 Å². The van der Waals surface area contributed by atoms with E-state index in [-0.39, 0.29) is 24.1 Å². The van der Waals surface area contributed by atoms with Crippen LogP contribution < -0.4 is 4.74 Å². The van der Waals surface area contributed by atoms with Crippen LogP contribution >= 0.6 is 0 Å². The molecule has 0 unspecified atom stereocenters. The standard InChI is InChI=1S/C11H13N3O5/c15-11(16)13-5-1-2-8(7-13)19-10-3-4-12-6-9(10)14(17)18/h3-4,6,8H,1-2,5,7H2,(H,15,16)/t8-/m0/s1. The molecule has 2 heterocycles. The summed E-state index contributed by atoms with van der Waals surface area (Å²) in [5.74, 6) is 0.122. The average Bonchev–Trinajstić information content (AvgIpc) is 2.39. The number of piperidine rings is 1. The van der Waals surface area contributed by atoms with Crippen LogP contribution in [0.3, 0.4) is 0 Å². The number of ether oxygens (including phenoxy) is 1. The van der Waals surface area contributed by atoms with Gasteiger partial charge in [0.05, 0.1) is 11.5 Å². The van der Waals surface area contributed by atoms with Gasteiger partial charge in [0.2, 0.25) is 5.75 Å². The predicted molar refractivity (Wildman–Crippen MR) is 64.1 cm³/mol. The van der Waals surface area contributed by atoms with Crippen molar-refractivity contribution in [3.63, 3.8) is 0 Å². The Morgan fingerprint density at radius 3 is 3.11 bits per heavy atom. The van der Waals surface area contributed by atoms with Gasteiger partial charge < -0.3 is 14.7 Å². The molecule has 0 bridgehead atoms. The third-order valence-electron chi connectivity index (χ3n) is 2.90. The van der Waals surface area contributed by atoms with E-state index in [1.165, 1.54) is 17.2 Å². The number of amides is 1. The van der Waals surface area contributed by atoms with E-state index in [0.717, 1.165) is 6.20 Å². The maximum absolute atomic E-state index is 10.9. The summed E-state index contributed by atoms with van der Waals surface area (Å²) >= 11 is 0. The number of rotatable bonds is 3. The Morgan fingerprint density at radius 1 is 1.63 bits per heavy atom. The smallest absolute Gasteiger partial charge is 0.407 e. The summed E-state index contributed by atoms with van der Waals surface area (Å²) < 4.78 is 5.54. The molecule has 0 aromatic carbocycles. The number of aromatic nitrogens is 1. The number of carbonyl (C=O) groups is 1. The van der Waals surface area contributed by atoms with Crippen molar-refractivity contribution in [3.8, 4) is 5.75 Å². The number of nitro groups is 1. The zero-order valence-electron chi connectivity index (χ0n) is 10.1. The fraction of sp³-hybridized carbons (Fsp3) is 0.455. The largest absolute Gasteiger partial charge is 0.482 e. The van der Waals surface area contributed by atoms with Gasteiger partial charge in [-0.1, -0.05) is 0 Å². The molecule has 0 spiro atoms. The minimum atomic E-state index is -1.00. The second-order valence-corrected chi connectivity index (χ2v) is 4.21. The summed E-state index contributed by atoms with van der Waals surface area (Å²) in [6.07, 6.45) is 2.50. The van der Waals surface area contributed by atoms with Crippen molar-refractivity contribution in [1.82, 2.24) is 9.88 Å². The summed E-state index contributed by atoms with van der Waals surface area (Å²) in [6, 6.07) is 1.41. The molecule has 2 rings (SSSR count). The quantitative estimate of drug-likeness (QED) is 0.657. The van der Waals surface area contributed by atoms with E-state index in [2.05, 4.69) is 4.98 Å². The molecule has 1 saturated heterocycles. The summed E-state index contributed by atoms with van der Waals surface area (Å²) in [6.45, 7) is 0.683. The predicted octanol–water partition coefficient (Wildman–Crippen LogP) is 1.51. The second kappa shape index (κ2) is 5.51. The first-order chi connectivity index (χ1) is 9.08. The molecular formula is C11H13N3O5. The molecule has 0 aliphatic carbocycles. The van der Waals surface area contributed by atoms with Crippen LogP contribution in [0.1, 0.15) is 12.8 Å². The van der Waals surface area contributed by atoms with Crippen LogP contribution in [0.2, 0.25) is 0 Å².